The van der Waals surface area contributed by atoms with Crippen LogP contribution in [0.4, 0.5) is 0 Å². The Morgan fingerprint density at radius 1 is 1.14 bits per heavy atom. The van der Waals surface area contributed by atoms with Crippen LogP contribution < -0.4 is 9.47 Å². The van der Waals surface area contributed by atoms with Crippen LogP contribution in [0.25, 0.3) is 0 Å². The number of carbonyl (C=O) groups excluding carboxylic acids is 1. The number of nitrogens with zero attached hydrogens (tertiary/aromatic N) is 2. The van der Waals surface area contributed by atoms with Crippen LogP contribution in [0.5, 0.6) is 11.5 Å². The van der Waals surface area contributed by atoms with Gasteiger partial charge in [0.25, 0.3) is 5.91 Å². The second kappa shape index (κ2) is 8.42. The summed E-state index contributed by atoms with van der Waals surface area (Å²) in [5.74, 6) is 0.849. The second-order valence-electron chi connectivity index (χ2n) is 7.00. The molecule has 8 heteroatoms. The van der Waals surface area contributed by atoms with E-state index in [1.54, 1.807) is 29.2 Å². The topological polar surface area (TPSA) is 76.2 Å². The molecule has 0 bridgehead atoms. The van der Waals surface area contributed by atoms with Crippen molar-refractivity contribution in [3.8, 4) is 11.5 Å². The van der Waals surface area contributed by atoms with Gasteiger partial charge in [-0.1, -0.05) is 24.3 Å². The smallest absolute Gasteiger partial charge is 0.254 e. The molecule has 0 aliphatic carbocycles. The van der Waals surface area contributed by atoms with Gasteiger partial charge in [0, 0.05) is 32.7 Å². The minimum atomic E-state index is -3.70. The molecule has 29 heavy (non-hydrogen) atoms. The molecule has 2 aromatic carbocycles. The fraction of sp³-hybridized carbons (Fsp3) is 0.381. The van der Waals surface area contributed by atoms with Gasteiger partial charge in [0.1, 0.15) is 5.25 Å². The molecular weight excluding hydrogens is 392 g/mol. The molecule has 1 atom stereocenters. The van der Waals surface area contributed by atoms with E-state index in [1.807, 2.05) is 25.1 Å². The van der Waals surface area contributed by atoms with Crippen LogP contribution in [-0.2, 0) is 16.6 Å². The summed E-state index contributed by atoms with van der Waals surface area (Å²) in [5.41, 5.74) is 2.08. The molecule has 0 radical (unpaired) electrons. The number of amides is 1. The van der Waals surface area contributed by atoms with Crippen LogP contribution in [0.1, 0.15) is 33.7 Å². The number of rotatable bonds is 8. The molecule has 2 aromatic rings. The molecule has 1 unspecified atom stereocenters. The molecule has 0 N–H and O–H groups in total. The highest BCUT2D eigenvalue weighted by atomic mass is 32.2. The Balaban J connectivity index is 1.99. The summed E-state index contributed by atoms with van der Waals surface area (Å²) in [4.78, 5) is 14.4. The van der Waals surface area contributed by atoms with Gasteiger partial charge in [-0.25, -0.2) is 12.7 Å². The van der Waals surface area contributed by atoms with Crippen molar-refractivity contribution in [1.29, 1.82) is 0 Å². The third kappa shape index (κ3) is 4.09. The third-order valence-corrected chi connectivity index (χ3v) is 7.17. The van der Waals surface area contributed by atoms with E-state index in [4.69, 9.17) is 9.47 Å². The van der Waals surface area contributed by atoms with Crippen molar-refractivity contribution in [1.82, 2.24) is 9.21 Å². The van der Waals surface area contributed by atoms with Crippen molar-refractivity contribution in [3.63, 3.8) is 0 Å². The van der Waals surface area contributed by atoms with E-state index in [1.165, 1.54) is 25.5 Å². The Morgan fingerprint density at radius 3 is 2.48 bits per heavy atom. The normalized spacial score (nSPS) is 14.8. The lowest BCUT2D eigenvalue weighted by molar-refractivity contribution is 0.0777. The number of methoxy groups -OCH3 is 1. The van der Waals surface area contributed by atoms with Gasteiger partial charge in [0.2, 0.25) is 10.0 Å². The van der Waals surface area contributed by atoms with Crippen LogP contribution in [-0.4, -0.2) is 57.9 Å². The zero-order chi connectivity index (χ0) is 21.2. The Hall–Kier alpha value is -2.58. The first kappa shape index (κ1) is 21.1. The molecule has 1 aliphatic rings. The zero-order valence-electron chi connectivity index (χ0n) is 17.1. The molecule has 1 aliphatic heterocycles. The highest BCUT2D eigenvalue weighted by Gasteiger charge is 2.36. The molecule has 7 nitrogen and oxygen atoms in total. The van der Waals surface area contributed by atoms with Gasteiger partial charge < -0.3 is 14.4 Å². The molecule has 1 heterocycles. The SMILES string of the molecule is CCOc1cc(C(CN2Cc3ccccc3C2=O)S(=O)(=O)N(C)C)ccc1OC. The molecule has 1 amide bonds. The maximum Gasteiger partial charge on any atom is 0.254 e. The van der Waals surface area contributed by atoms with E-state index in [9.17, 15) is 13.2 Å². The summed E-state index contributed by atoms with van der Waals surface area (Å²) in [6.07, 6.45) is 0. The number of ether oxygens (including phenoxy) is 2. The highest BCUT2D eigenvalue weighted by Crippen LogP contribution is 2.35. The highest BCUT2D eigenvalue weighted by molar-refractivity contribution is 7.89. The van der Waals surface area contributed by atoms with E-state index in [2.05, 4.69) is 0 Å². The fourth-order valence-corrected chi connectivity index (χ4v) is 4.82. The summed E-state index contributed by atoms with van der Waals surface area (Å²) in [6.45, 7) is 2.71. The minimum Gasteiger partial charge on any atom is -0.493 e. The van der Waals surface area contributed by atoms with E-state index in [0.29, 0.717) is 35.8 Å². The van der Waals surface area contributed by atoms with Crippen LogP contribution >= 0.6 is 0 Å². The quantitative estimate of drug-likeness (QED) is 0.659. The summed E-state index contributed by atoms with van der Waals surface area (Å²) in [7, 11) is 0.827. The van der Waals surface area contributed by atoms with E-state index in [0.717, 1.165) is 5.56 Å². The van der Waals surface area contributed by atoms with Gasteiger partial charge in [0.15, 0.2) is 11.5 Å². The van der Waals surface area contributed by atoms with E-state index >= 15 is 0 Å². The number of carbonyl (C=O) groups is 1. The monoisotopic (exact) mass is 418 g/mol. The number of hydrogen-bond donors (Lipinski definition) is 0. The minimum absolute atomic E-state index is 0.0475. The van der Waals surface area contributed by atoms with Crippen molar-refractivity contribution in [2.75, 3.05) is 34.4 Å². The van der Waals surface area contributed by atoms with Crippen molar-refractivity contribution >= 4 is 15.9 Å². The van der Waals surface area contributed by atoms with E-state index < -0.39 is 15.3 Å². The Labute approximate surface area is 171 Å². The Bertz CT molecular complexity index is 1000. The standard InChI is InChI=1S/C21H26N2O5S/c1-5-28-19-12-15(10-11-18(19)27-4)20(29(25,26)22(2)3)14-23-13-16-8-6-7-9-17(16)21(23)24/h6-12,20H,5,13-14H2,1-4H3. The lowest BCUT2D eigenvalue weighted by atomic mass is 10.1. The van der Waals surface area contributed by atoms with Gasteiger partial charge >= 0.3 is 0 Å². The number of sulfonamides is 1. The molecule has 0 fully saturated rings. The summed E-state index contributed by atoms with van der Waals surface area (Å²) >= 11 is 0. The van der Waals surface area contributed by atoms with Crippen LogP contribution in [0.15, 0.2) is 42.5 Å². The summed E-state index contributed by atoms with van der Waals surface area (Å²) in [6, 6.07) is 12.4. The van der Waals surface area contributed by atoms with Crippen molar-refractivity contribution in [2.45, 2.75) is 18.7 Å². The van der Waals surface area contributed by atoms with Crippen LogP contribution in [0.3, 0.4) is 0 Å². The van der Waals surface area contributed by atoms with Crippen molar-refractivity contribution in [2.24, 2.45) is 0 Å². The maximum absolute atomic E-state index is 13.1. The first-order valence-electron chi connectivity index (χ1n) is 9.38. The van der Waals surface area contributed by atoms with Crippen LogP contribution in [0.2, 0.25) is 0 Å². The van der Waals surface area contributed by atoms with E-state index in [-0.39, 0.29) is 12.5 Å². The number of hydrogen-bond acceptors (Lipinski definition) is 5. The van der Waals surface area contributed by atoms with Gasteiger partial charge in [0.05, 0.1) is 13.7 Å². The fourth-order valence-electron chi connectivity index (χ4n) is 3.45. The molecular formula is C21H26N2O5S. The first-order valence-corrected chi connectivity index (χ1v) is 10.9. The van der Waals surface area contributed by atoms with Crippen molar-refractivity contribution in [3.05, 3.63) is 59.2 Å². The molecule has 0 spiro atoms. The van der Waals surface area contributed by atoms with Crippen LogP contribution in [0, 0.1) is 0 Å². The second-order valence-corrected chi connectivity index (χ2v) is 9.33. The summed E-state index contributed by atoms with van der Waals surface area (Å²) < 4.78 is 38.4. The van der Waals surface area contributed by atoms with Gasteiger partial charge in [-0.3, -0.25) is 4.79 Å². The average Bonchev–Trinajstić information content (AvgIpc) is 3.02. The predicted molar refractivity (Wildman–Crippen MR) is 111 cm³/mol. The van der Waals surface area contributed by atoms with Crippen molar-refractivity contribution < 1.29 is 22.7 Å². The largest absolute Gasteiger partial charge is 0.493 e. The number of benzene rings is 2. The Kier molecular flexibility index (Phi) is 6.14. The van der Waals surface area contributed by atoms with Gasteiger partial charge in [-0.15, -0.1) is 0 Å². The molecule has 0 saturated heterocycles. The van der Waals surface area contributed by atoms with Gasteiger partial charge in [-0.05, 0) is 36.2 Å². The predicted octanol–water partition coefficient (Wildman–Crippen LogP) is 2.68. The molecule has 0 saturated carbocycles. The molecule has 3 rings (SSSR count). The maximum atomic E-state index is 13.1. The summed E-state index contributed by atoms with van der Waals surface area (Å²) in [5, 5.41) is -0.930. The first-order chi connectivity index (χ1) is 13.8. The molecule has 156 valence electrons. The lowest BCUT2D eigenvalue weighted by Crippen LogP contribution is -2.37. The zero-order valence-corrected chi connectivity index (χ0v) is 17.9. The average molecular weight is 419 g/mol. The Morgan fingerprint density at radius 2 is 1.86 bits per heavy atom. The van der Waals surface area contributed by atoms with Gasteiger partial charge in [-0.2, -0.15) is 0 Å². The third-order valence-electron chi connectivity index (χ3n) is 5.01. The number of fused-ring (bicyclic) bond motifs is 1. The lowest BCUT2D eigenvalue weighted by Gasteiger charge is -2.27. The molecule has 0 aromatic heterocycles.